The Hall–Kier alpha value is -2.37. The number of esters is 1. The summed E-state index contributed by atoms with van der Waals surface area (Å²) in [4.78, 5) is 11.8. The van der Waals surface area contributed by atoms with Gasteiger partial charge in [-0.25, -0.2) is 9.18 Å². The number of aryl methyl sites for hydroxylation is 1. The van der Waals surface area contributed by atoms with Crippen LogP contribution in [0.15, 0.2) is 30.6 Å². The summed E-state index contributed by atoms with van der Waals surface area (Å²) in [7, 11) is 3.16. The standard InChI is InChI=1S/C14H15FN2O3/c1-17-9-10(8-16-17)5-6-20-14(18)11-3-4-12(15)13(7-11)19-2/h3-4,7-9H,5-6H2,1-2H3. The second-order valence-electron chi connectivity index (χ2n) is 4.26. The van der Waals surface area contributed by atoms with Crippen LogP contribution in [-0.4, -0.2) is 29.5 Å². The van der Waals surface area contributed by atoms with E-state index in [0.717, 1.165) is 5.56 Å². The van der Waals surface area contributed by atoms with E-state index in [-0.39, 0.29) is 17.9 Å². The van der Waals surface area contributed by atoms with E-state index in [1.54, 1.807) is 10.9 Å². The molecule has 106 valence electrons. The van der Waals surface area contributed by atoms with E-state index in [9.17, 15) is 9.18 Å². The van der Waals surface area contributed by atoms with Crippen molar-refractivity contribution in [2.75, 3.05) is 13.7 Å². The van der Waals surface area contributed by atoms with Gasteiger partial charge in [0, 0.05) is 19.7 Å². The van der Waals surface area contributed by atoms with Crippen molar-refractivity contribution in [3.8, 4) is 5.75 Å². The van der Waals surface area contributed by atoms with Gasteiger partial charge in [0.2, 0.25) is 0 Å². The van der Waals surface area contributed by atoms with Gasteiger partial charge >= 0.3 is 5.97 Å². The molecular weight excluding hydrogens is 263 g/mol. The van der Waals surface area contributed by atoms with Crippen molar-refractivity contribution in [1.82, 2.24) is 9.78 Å². The summed E-state index contributed by atoms with van der Waals surface area (Å²) < 4.78 is 24.9. The molecule has 0 aliphatic carbocycles. The monoisotopic (exact) mass is 278 g/mol. The zero-order valence-electron chi connectivity index (χ0n) is 11.3. The van der Waals surface area contributed by atoms with E-state index in [1.165, 1.54) is 25.3 Å². The third-order valence-electron chi connectivity index (χ3n) is 2.77. The number of ether oxygens (including phenoxy) is 2. The van der Waals surface area contributed by atoms with Crippen LogP contribution in [0, 0.1) is 5.82 Å². The molecule has 6 heteroatoms. The Labute approximate surface area is 115 Å². The number of carbonyl (C=O) groups is 1. The Kier molecular flexibility index (Phi) is 4.34. The van der Waals surface area contributed by atoms with Crippen LogP contribution in [0.4, 0.5) is 4.39 Å². The molecule has 1 aromatic carbocycles. The zero-order chi connectivity index (χ0) is 14.5. The van der Waals surface area contributed by atoms with E-state index >= 15 is 0 Å². The van der Waals surface area contributed by atoms with E-state index < -0.39 is 11.8 Å². The lowest BCUT2D eigenvalue weighted by molar-refractivity contribution is 0.0509. The molecule has 0 N–H and O–H groups in total. The molecule has 20 heavy (non-hydrogen) atoms. The molecule has 0 radical (unpaired) electrons. The molecule has 1 aromatic heterocycles. The van der Waals surface area contributed by atoms with Gasteiger partial charge in [-0.05, 0) is 23.8 Å². The minimum atomic E-state index is -0.514. The molecule has 0 unspecified atom stereocenters. The van der Waals surface area contributed by atoms with E-state index in [1.807, 2.05) is 13.2 Å². The number of nitrogens with zero attached hydrogens (tertiary/aromatic N) is 2. The molecule has 0 aliphatic rings. The molecule has 0 atom stereocenters. The largest absolute Gasteiger partial charge is 0.494 e. The van der Waals surface area contributed by atoms with Crippen molar-refractivity contribution >= 4 is 5.97 Å². The molecule has 0 aliphatic heterocycles. The van der Waals surface area contributed by atoms with Gasteiger partial charge < -0.3 is 9.47 Å². The summed E-state index contributed by atoms with van der Waals surface area (Å²) in [6.07, 6.45) is 4.15. The minimum absolute atomic E-state index is 0.0201. The molecule has 1 heterocycles. The molecule has 0 spiro atoms. The van der Waals surface area contributed by atoms with Crippen molar-refractivity contribution < 1.29 is 18.7 Å². The quantitative estimate of drug-likeness (QED) is 0.785. The molecule has 0 amide bonds. The van der Waals surface area contributed by atoms with E-state index in [0.29, 0.717) is 6.42 Å². The van der Waals surface area contributed by atoms with Gasteiger partial charge in [-0.3, -0.25) is 4.68 Å². The summed E-state index contributed by atoms with van der Waals surface area (Å²) in [5.41, 5.74) is 1.24. The highest BCUT2D eigenvalue weighted by molar-refractivity contribution is 5.89. The predicted octanol–water partition coefficient (Wildman–Crippen LogP) is 1.97. The van der Waals surface area contributed by atoms with Crippen LogP contribution in [0.25, 0.3) is 0 Å². The first-order valence-corrected chi connectivity index (χ1v) is 6.08. The van der Waals surface area contributed by atoms with Crippen LogP contribution in [-0.2, 0) is 18.2 Å². The second-order valence-corrected chi connectivity index (χ2v) is 4.26. The van der Waals surface area contributed by atoms with Gasteiger partial charge in [-0.2, -0.15) is 5.10 Å². The summed E-state index contributed by atoms with van der Waals surface area (Å²) in [6, 6.07) is 3.86. The molecule has 0 fully saturated rings. The Balaban J connectivity index is 1.91. The van der Waals surface area contributed by atoms with Crippen LogP contribution in [0.5, 0.6) is 5.75 Å². The number of aromatic nitrogens is 2. The molecule has 0 saturated heterocycles. The Bertz CT molecular complexity index is 610. The van der Waals surface area contributed by atoms with Crippen molar-refractivity contribution in [3.63, 3.8) is 0 Å². The second kappa shape index (κ2) is 6.18. The Morgan fingerprint density at radius 3 is 2.90 bits per heavy atom. The number of halogens is 1. The fourth-order valence-corrected chi connectivity index (χ4v) is 1.73. The smallest absolute Gasteiger partial charge is 0.338 e. The summed E-state index contributed by atoms with van der Waals surface area (Å²) in [5, 5.41) is 4.02. The van der Waals surface area contributed by atoms with Gasteiger partial charge in [0.25, 0.3) is 0 Å². The lowest BCUT2D eigenvalue weighted by Gasteiger charge is -2.06. The first kappa shape index (κ1) is 14.0. The molecular formula is C14H15FN2O3. The van der Waals surface area contributed by atoms with Crippen LogP contribution in [0.2, 0.25) is 0 Å². The maximum Gasteiger partial charge on any atom is 0.338 e. The average Bonchev–Trinajstić information content (AvgIpc) is 2.85. The highest BCUT2D eigenvalue weighted by atomic mass is 19.1. The number of benzene rings is 1. The van der Waals surface area contributed by atoms with E-state index in [2.05, 4.69) is 5.10 Å². The van der Waals surface area contributed by atoms with Gasteiger partial charge in [0.05, 0.1) is 25.5 Å². The third-order valence-corrected chi connectivity index (χ3v) is 2.77. The van der Waals surface area contributed by atoms with Gasteiger partial charge in [0.1, 0.15) is 0 Å². The average molecular weight is 278 g/mol. The highest BCUT2D eigenvalue weighted by Crippen LogP contribution is 2.18. The molecule has 0 bridgehead atoms. The highest BCUT2D eigenvalue weighted by Gasteiger charge is 2.11. The number of methoxy groups -OCH3 is 1. The number of hydrogen-bond donors (Lipinski definition) is 0. The van der Waals surface area contributed by atoms with Crippen LogP contribution < -0.4 is 4.74 Å². The summed E-state index contributed by atoms with van der Waals surface area (Å²) in [6.45, 7) is 0.240. The molecule has 2 rings (SSSR count). The maximum absolute atomic E-state index is 13.2. The number of carbonyl (C=O) groups excluding carboxylic acids is 1. The summed E-state index contributed by atoms with van der Waals surface area (Å²) >= 11 is 0. The van der Waals surface area contributed by atoms with Crippen molar-refractivity contribution in [2.45, 2.75) is 6.42 Å². The fourth-order valence-electron chi connectivity index (χ4n) is 1.73. The minimum Gasteiger partial charge on any atom is -0.494 e. The predicted molar refractivity (Wildman–Crippen MR) is 70.1 cm³/mol. The van der Waals surface area contributed by atoms with Crippen molar-refractivity contribution in [3.05, 3.63) is 47.5 Å². The van der Waals surface area contributed by atoms with E-state index in [4.69, 9.17) is 9.47 Å². The topological polar surface area (TPSA) is 53.4 Å². The molecule has 2 aromatic rings. The van der Waals surface area contributed by atoms with Gasteiger partial charge in [-0.15, -0.1) is 0 Å². The molecule has 5 nitrogen and oxygen atoms in total. The summed E-state index contributed by atoms with van der Waals surface area (Å²) in [5.74, 6) is -1.00. The lowest BCUT2D eigenvalue weighted by atomic mass is 10.2. The number of rotatable bonds is 5. The zero-order valence-corrected chi connectivity index (χ0v) is 11.3. The normalized spacial score (nSPS) is 10.3. The van der Waals surface area contributed by atoms with Crippen molar-refractivity contribution in [2.24, 2.45) is 7.05 Å². The van der Waals surface area contributed by atoms with Gasteiger partial charge in [0.15, 0.2) is 11.6 Å². The molecule has 0 saturated carbocycles. The van der Waals surface area contributed by atoms with Crippen LogP contribution in [0.3, 0.4) is 0 Å². The van der Waals surface area contributed by atoms with Crippen molar-refractivity contribution in [1.29, 1.82) is 0 Å². The fraction of sp³-hybridized carbons (Fsp3) is 0.286. The first-order valence-electron chi connectivity index (χ1n) is 6.08. The Morgan fingerprint density at radius 2 is 2.25 bits per heavy atom. The van der Waals surface area contributed by atoms with Crippen LogP contribution in [0.1, 0.15) is 15.9 Å². The lowest BCUT2D eigenvalue weighted by Crippen LogP contribution is -2.08. The van der Waals surface area contributed by atoms with Gasteiger partial charge in [-0.1, -0.05) is 0 Å². The van der Waals surface area contributed by atoms with Crippen LogP contribution >= 0.6 is 0 Å². The SMILES string of the molecule is COc1cc(C(=O)OCCc2cnn(C)c2)ccc1F. The first-order chi connectivity index (χ1) is 9.60. The number of hydrogen-bond acceptors (Lipinski definition) is 4. The Morgan fingerprint density at radius 1 is 1.45 bits per heavy atom. The maximum atomic E-state index is 13.2. The third kappa shape index (κ3) is 3.34.